The van der Waals surface area contributed by atoms with E-state index in [1.807, 2.05) is 45.0 Å². The van der Waals surface area contributed by atoms with E-state index < -0.39 is 0 Å². The summed E-state index contributed by atoms with van der Waals surface area (Å²) >= 11 is 2.95. The molecule has 31 heavy (non-hydrogen) atoms. The summed E-state index contributed by atoms with van der Waals surface area (Å²) in [4.78, 5) is 33.1. The number of benzene rings is 1. The van der Waals surface area contributed by atoms with Crippen LogP contribution in [0, 0.1) is 0 Å². The van der Waals surface area contributed by atoms with E-state index in [1.54, 1.807) is 15.9 Å². The van der Waals surface area contributed by atoms with Gasteiger partial charge in [-0.1, -0.05) is 11.8 Å². The highest BCUT2D eigenvalue weighted by Gasteiger charge is 2.25. The van der Waals surface area contributed by atoms with Gasteiger partial charge in [-0.3, -0.25) is 14.2 Å². The van der Waals surface area contributed by atoms with Crippen molar-refractivity contribution in [2.45, 2.75) is 56.9 Å². The van der Waals surface area contributed by atoms with Crippen LogP contribution in [0.1, 0.15) is 44.1 Å². The monoisotopic (exact) mass is 457 g/mol. The first-order valence-electron chi connectivity index (χ1n) is 10.8. The van der Waals surface area contributed by atoms with Crippen molar-refractivity contribution in [1.82, 2.24) is 14.9 Å². The van der Waals surface area contributed by atoms with Gasteiger partial charge in [-0.2, -0.15) is 0 Å². The molecular weight excluding hydrogens is 430 g/mol. The third kappa shape index (κ3) is 4.36. The molecule has 1 aromatic carbocycles. The van der Waals surface area contributed by atoms with Crippen LogP contribution in [0.5, 0.6) is 5.75 Å². The molecule has 1 atom stereocenters. The Balaban J connectivity index is 1.86. The van der Waals surface area contributed by atoms with E-state index in [2.05, 4.69) is 5.32 Å². The van der Waals surface area contributed by atoms with Gasteiger partial charge in [0.15, 0.2) is 5.16 Å². The summed E-state index contributed by atoms with van der Waals surface area (Å²) in [6.45, 7) is 6.83. The van der Waals surface area contributed by atoms with Crippen molar-refractivity contribution in [3.05, 3.63) is 45.1 Å². The Labute approximate surface area is 190 Å². The second-order valence-electron chi connectivity index (χ2n) is 7.51. The van der Waals surface area contributed by atoms with E-state index >= 15 is 0 Å². The summed E-state index contributed by atoms with van der Waals surface area (Å²) in [6.07, 6.45) is 4.20. The van der Waals surface area contributed by atoms with Crippen LogP contribution >= 0.6 is 23.1 Å². The van der Waals surface area contributed by atoms with Gasteiger partial charge in [0.2, 0.25) is 5.91 Å². The molecule has 3 aromatic rings. The predicted octanol–water partition coefficient (Wildman–Crippen LogP) is 4.34. The zero-order chi connectivity index (χ0) is 22.0. The number of hydrogen-bond donors (Lipinski definition) is 1. The van der Waals surface area contributed by atoms with E-state index in [-0.39, 0.29) is 16.7 Å². The standard InChI is InChI=1S/C23H27N3O3S2/c1-4-24-20(27)14(3)30-23-25-21-19(17-8-6-7-9-18(17)31-21)22(28)26(23)15-10-12-16(13-11-15)29-5-2/h10-14H,4-9H2,1-3H3,(H,24,27). The first-order chi connectivity index (χ1) is 15.0. The minimum absolute atomic E-state index is 0.0563. The van der Waals surface area contributed by atoms with Gasteiger partial charge in [-0.15, -0.1) is 11.3 Å². The summed E-state index contributed by atoms with van der Waals surface area (Å²) < 4.78 is 7.21. The lowest BCUT2D eigenvalue weighted by Crippen LogP contribution is -2.31. The number of thioether (sulfide) groups is 1. The van der Waals surface area contributed by atoms with Crippen molar-refractivity contribution in [3.8, 4) is 11.4 Å². The summed E-state index contributed by atoms with van der Waals surface area (Å²) in [5, 5.41) is 3.76. The summed E-state index contributed by atoms with van der Waals surface area (Å²) in [5.41, 5.74) is 1.83. The van der Waals surface area contributed by atoms with Gasteiger partial charge in [-0.25, -0.2) is 4.98 Å². The normalized spacial score (nSPS) is 14.3. The average Bonchev–Trinajstić information content (AvgIpc) is 3.13. The zero-order valence-electron chi connectivity index (χ0n) is 18.1. The molecule has 0 saturated heterocycles. The van der Waals surface area contributed by atoms with Crippen molar-refractivity contribution < 1.29 is 9.53 Å². The van der Waals surface area contributed by atoms with Crippen LogP contribution in [0.4, 0.5) is 0 Å². The van der Waals surface area contributed by atoms with Gasteiger partial charge in [0, 0.05) is 11.4 Å². The van der Waals surface area contributed by atoms with E-state index in [0.717, 1.165) is 52.9 Å². The fourth-order valence-corrected chi connectivity index (χ4v) is 6.13. The van der Waals surface area contributed by atoms with Crippen LogP contribution in [-0.4, -0.2) is 33.9 Å². The van der Waals surface area contributed by atoms with Gasteiger partial charge in [-0.05, 0) is 76.3 Å². The highest BCUT2D eigenvalue weighted by atomic mass is 32.2. The van der Waals surface area contributed by atoms with Gasteiger partial charge in [0.1, 0.15) is 10.6 Å². The van der Waals surface area contributed by atoms with Crippen molar-refractivity contribution in [2.24, 2.45) is 0 Å². The van der Waals surface area contributed by atoms with Gasteiger partial charge < -0.3 is 10.1 Å². The Bertz CT molecular complexity index is 1150. The summed E-state index contributed by atoms with van der Waals surface area (Å²) in [7, 11) is 0. The zero-order valence-corrected chi connectivity index (χ0v) is 19.7. The maximum atomic E-state index is 13.8. The lowest BCUT2D eigenvalue weighted by molar-refractivity contribution is -0.120. The predicted molar refractivity (Wildman–Crippen MR) is 127 cm³/mol. The Hall–Kier alpha value is -2.32. The fourth-order valence-electron chi connectivity index (χ4n) is 3.88. The summed E-state index contributed by atoms with van der Waals surface area (Å²) in [5.74, 6) is 0.691. The lowest BCUT2D eigenvalue weighted by Gasteiger charge is -2.16. The van der Waals surface area contributed by atoms with E-state index in [1.165, 1.54) is 16.6 Å². The minimum Gasteiger partial charge on any atom is -0.494 e. The second kappa shape index (κ2) is 9.44. The molecule has 0 spiro atoms. The molecule has 2 aromatic heterocycles. The summed E-state index contributed by atoms with van der Waals surface area (Å²) in [6, 6.07) is 7.47. The molecule has 0 radical (unpaired) electrons. The molecule has 0 aliphatic heterocycles. The number of rotatable bonds is 7. The number of ether oxygens (including phenoxy) is 1. The van der Waals surface area contributed by atoms with Crippen LogP contribution in [-0.2, 0) is 17.6 Å². The van der Waals surface area contributed by atoms with E-state index in [4.69, 9.17) is 9.72 Å². The molecule has 6 nitrogen and oxygen atoms in total. The average molecular weight is 458 g/mol. The van der Waals surface area contributed by atoms with Crippen LogP contribution in [0.3, 0.4) is 0 Å². The fraction of sp³-hybridized carbons (Fsp3) is 0.435. The molecule has 2 heterocycles. The molecule has 1 aliphatic carbocycles. The van der Waals surface area contributed by atoms with E-state index in [9.17, 15) is 9.59 Å². The van der Waals surface area contributed by atoms with Crippen molar-refractivity contribution in [3.63, 3.8) is 0 Å². The first kappa shape index (κ1) is 21.9. The van der Waals surface area contributed by atoms with Crippen LogP contribution in [0.25, 0.3) is 15.9 Å². The molecule has 1 aliphatic rings. The molecular formula is C23H27N3O3S2. The maximum Gasteiger partial charge on any atom is 0.267 e. The molecule has 1 N–H and O–H groups in total. The van der Waals surface area contributed by atoms with Crippen LogP contribution < -0.4 is 15.6 Å². The van der Waals surface area contributed by atoms with Gasteiger partial charge in [0.25, 0.3) is 5.56 Å². The number of nitrogens with zero attached hydrogens (tertiary/aromatic N) is 2. The quantitative estimate of drug-likeness (QED) is 0.422. The SMILES string of the molecule is CCNC(=O)C(C)Sc1nc2sc3c(c2c(=O)n1-c1ccc(OCC)cc1)CCCC3. The van der Waals surface area contributed by atoms with Crippen molar-refractivity contribution in [2.75, 3.05) is 13.2 Å². The molecule has 0 bridgehead atoms. The second-order valence-corrected chi connectivity index (χ2v) is 9.90. The van der Waals surface area contributed by atoms with E-state index in [0.29, 0.717) is 18.3 Å². The number of carbonyl (C=O) groups is 1. The number of carbonyl (C=O) groups excluding carboxylic acids is 1. The Kier molecular flexibility index (Phi) is 6.67. The van der Waals surface area contributed by atoms with Crippen molar-refractivity contribution >= 4 is 39.2 Å². The first-order valence-corrected chi connectivity index (χ1v) is 12.5. The largest absolute Gasteiger partial charge is 0.494 e. The maximum absolute atomic E-state index is 13.8. The number of amides is 1. The molecule has 1 unspecified atom stereocenters. The molecule has 4 rings (SSSR count). The number of thiophene rings is 1. The number of nitrogens with one attached hydrogen (secondary N) is 1. The molecule has 1 amide bonds. The number of hydrogen-bond acceptors (Lipinski definition) is 6. The Morgan fingerprint density at radius 3 is 2.71 bits per heavy atom. The topological polar surface area (TPSA) is 73.2 Å². The number of aryl methyl sites for hydroxylation is 2. The smallest absolute Gasteiger partial charge is 0.267 e. The van der Waals surface area contributed by atoms with Crippen LogP contribution in [0.2, 0.25) is 0 Å². The third-order valence-corrected chi connectivity index (χ3v) is 7.60. The number of fused-ring (bicyclic) bond motifs is 3. The molecule has 0 saturated carbocycles. The highest BCUT2D eigenvalue weighted by molar-refractivity contribution is 8.00. The van der Waals surface area contributed by atoms with Gasteiger partial charge >= 0.3 is 0 Å². The highest BCUT2D eigenvalue weighted by Crippen LogP contribution is 2.36. The molecule has 8 heteroatoms. The molecule has 164 valence electrons. The van der Waals surface area contributed by atoms with Crippen LogP contribution in [0.15, 0.2) is 34.2 Å². The van der Waals surface area contributed by atoms with Gasteiger partial charge in [0.05, 0.1) is 22.9 Å². The Morgan fingerprint density at radius 1 is 1.26 bits per heavy atom. The lowest BCUT2D eigenvalue weighted by atomic mass is 9.97. The Morgan fingerprint density at radius 2 is 2.00 bits per heavy atom. The van der Waals surface area contributed by atoms with Crippen molar-refractivity contribution in [1.29, 1.82) is 0 Å². The third-order valence-electron chi connectivity index (χ3n) is 5.37. The minimum atomic E-state index is -0.368. The number of aromatic nitrogens is 2. The molecule has 0 fully saturated rings.